The Balaban J connectivity index is 1.40. The molecule has 3 aromatic rings. The molecule has 0 radical (unpaired) electrons. The number of carbonyl (C=O) groups is 1. The van der Waals surface area contributed by atoms with Crippen molar-refractivity contribution >= 4 is 23.2 Å². The van der Waals surface area contributed by atoms with Crippen molar-refractivity contribution in [2.45, 2.75) is 12.6 Å². The highest BCUT2D eigenvalue weighted by Crippen LogP contribution is 2.31. The topological polar surface area (TPSA) is 65.4 Å². The van der Waals surface area contributed by atoms with Crippen LogP contribution in [0.5, 0.6) is 11.5 Å². The zero-order chi connectivity index (χ0) is 17.9. The summed E-state index contributed by atoms with van der Waals surface area (Å²) < 4.78 is 13.3. The predicted octanol–water partition coefficient (Wildman–Crippen LogP) is 3.63. The molecular formula is C19H16ClN3O3. The summed E-state index contributed by atoms with van der Waals surface area (Å²) in [6, 6.07) is 14.5. The van der Waals surface area contributed by atoms with E-state index in [0.717, 1.165) is 11.5 Å². The minimum atomic E-state index is -0.277. The van der Waals surface area contributed by atoms with Crippen LogP contribution in [0.1, 0.15) is 10.4 Å². The number of ether oxygens (including phenoxy) is 2. The van der Waals surface area contributed by atoms with E-state index in [4.69, 9.17) is 21.1 Å². The number of aromatic nitrogens is 2. The molecule has 0 aliphatic carbocycles. The molecule has 6 nitrogen and oxygen atoms in total. The molecule has 0 saturated heterocycles. The number of amides is 1. The number of hydrogen-bond acceptors (Lipinski definition) is 4. The molecule has 1 unspecified atom stereocenters. The molecule has 1 amide bonds. The van der Waals surface area contributed by atoms with Crippen molar-refractivity contribution < 1.29 is 14.3 Å². The van der Waals surface area contributed by atoms with Crippen molar-refractivity contribution in [3.63, 3.8) is 0 Å². The molecule has 1 aliphatic rings. The number of nitrogens with one attached hydrogen (secondary N) is 1. The summed E-state index contributed by atoms with van der Waals surface area (Å²) in [6.07, 6.45) is 3.18. The highest BCUT2D eigenvalue weighted by Gasteiger charge is 2.21. The Morgan fingerprint density at radius 1 is 1.19 bits per heavy atom. The van der Waals surface area contributed by atoms with Gasteiger partial charge < -0.3 is 14.8 Å². The third kappa shape index (κ3) is 3.50. The van der Waals surface area contributed by atoms with E-state index in [0.29, 0.717) is 29.4 Å². The molecule has 1 aliphatic heterocycles. The maximum absolute atomic E-state index is 12.3. The van der Waals surface area contributed by atoms with Gasteiger partial charge >= 0.3 is 0 Å². The van der Waals surface area contributed by atoms with Gasteiger partial charge in [0.25, 0.3) is 5.91 Å². The van der Waals surface area contributed by atoms with Gasteiger partial charge in [-0.1, -0.05) is 35.9 Å². The minimum Gasteiger partial charge on any atom is -0.486 e. The fraction of sp³-hybridized carbons (Fsp3) is 0.158. The van der Waals surface area contributed by atoms with E-state index in [-0.39, 0.29) is 12.0 Å². The number of rotatable bonds is 4. The maximum Gasteiger partial charge on any atom is 0.257 e. The molecule has 2 aromatic carbocycles. The Hall–Kier alpha value is -2.99. The number of carbonyl (C=O) groups excluding carboxylic acids is 1. The quantitative estimate of drug-likeness (QED) is 0.762. The lowest BCUT2D eigenvalue weighted by molar-refractivity contribution is 0.0759. The Morgan fingerprint density at radius 3 is 2.81 bits per heavy atom. The van der Waals surface area contributed by atoms with E-state index < -0.39 is 0 Å². The first kappa shape index (κ1) is 16.5. The number of fused-ring (bicyclic) bond motifs is 1. The molecule has 4 rings (SSSR count). The van der Waals surface area contributed by atoms with Crippen LogP contribution in [0.25, 0.3) is 0 Å². The van der Waals surface area contributed by atoms with E-state index in [1.807, 2.05) is 24.3 Å². The Morgan fingerprint density at radius 2 is 1.96 bits per heavy atom. The molecule has 7 heteroatoms. The van der Waals surface area contributed by atoms with Crippen LogP contribution in [-0.4, -0.2) is 28.4 Å². The lowest BCUT2D eigenvalue weighted by atomic mass is 10.2. The number of halogens is 1. The molecule has 0 spiro atoms. The molecule has 1 N–H and O–H groups in total. The first-order valence-electron chi connectivity index (χ1n) is 8.16. The zero-order valence-corrected chi connectivity index (χ0v) is 14.5. The van der Waals surface area contributed by atoms with Gasteiger partial charge in [0.1, 0.15) is 6.61 Å². The van der Waals surface area contributed by atoms with Crippen LogP contribution in [0, 0.1) is 0 Å². The average molecular weight is 370 g/mol. The van der Waals surface area contributed by atoms with E-state index in [1.54, 1.807) is 41.3 Å². The van der Waals surface area contributed by atoms with Crippen LogP contribution in [0.4, 0.5) is 5.69 Å². The van der Waals surface area contributed by atoms with Gasteiger partial charge in [-0.2, -0.15) is 5.10 Å². The van der Waals surface area contributed by atoms with Crippen LogP contribution in [0.2, 0.25) is 5.02 Å². The molecule has 0 saturated carbocycles. The van der Waals surface area contributed by atoms with Gasteiger partial charge in [-0.05, 0) is 24.3 Å². The normalized spacial score (nSPS) is 15.5. The van der Waals surface area contributed by atoms with Gasteiger partial charge in [-0.15, -0.1) is 0 Å². The molecule has 2 heterocycles. The smallest absolute Gasteiger partial charge is 0.257 e. The largest absolute Gasteiger partial charge is 0.486 e. The van der Waals surface area contributed by atoms with Crippen LogP contribution in [-0.2, 0) is 6.54 Å². The summed E-state index contributed by atoms with van der Waals surface area (Å²) in [5.74, 6) is 1.20. The monoisotopic (exact) mass is 369 g/mol. The standard InChI is InChI=1S/C19H16ClN3O3/c20-16-6-2-1-5-15(16)19(24)22-13-9-21-23(10-13)11-14-12-25-17-7-3-4-8-18(17)26-14/h1-10,14H,11-12H2,(H,22,24). The van der Waals surface area contributed by atoms with Crippen molar-refractivity contribution in [2.24, 2.45) is 0 Å². The van der Waals surface area contributed by atoms with Crippen LogP contribution < -0.4 is 14.8 Å². The Kier molecular flexibility index (Phi) is 4.50. The molecule has 132 valence electrons. The number of nitrogens with zero attached hydrogens (tertiary/aromatic N) is 2. The maximum atomic E-state index is 12.3. The highest BCUT2D eigenvalue weighted by molar-refractivity contribution is 6.34. The second-order valence-corrected chi connectivity index (χ2v) is 6.29. The third-order valence-corrected chi connectivity index (χ3v) is 4.30. The summed E-state index contributed by atoms with van der Waals surface area (Å²) in [4.78, 5) is 12.3. The molecule has 0 bridgehead atoms. The number of para-hydroxylation sites is 2. The molecule has 1 aromatic heterocycles. The first-order chi connectivity index (χ1) is 12.7. The van der Waals surface area contributed by atoms with Crippen LogP contribution >= 0.6 is 11.6 Å². The van der Waals surface area contributed by atoms with E-state index in [9.17, 15) is 4.79 Å². The Bertz CT molecular complexity index is 941. The molecule has 0 fully saturated rings. The van der Waals surface area contributed by atoms with Gasteiger partial charge in [0.05, 0.1) is 29.0 Å². The minimum absolute atomic E-state index is 0.156. The van der Waals surface area contributed by atoms with Crippen molar-refractivity contribution in [1.29, 1.82) is 0 Å². The van der Waals surface area contributed by atoms with Crippen molar-refractivity contribution in [3.05, 3.63) is 71.5 Å². The van der Waals surface area contributed by atoms with Gasteiger partial charge in [-0.3, -0.25) is 9.48 Å². The predicted molar refractivity (Wildman–Crippen MR) is 98.0 cm³/mol. The number of anilines is 1. The highest BCUT2D eigenvalue weighted by atomic mass is 35.5. The fourth-order valence-electron chi connectivity index (χ4n) is 2.73. The van der Waals surface area contributed by atoms with Crippen molar-refractivity contribution in [3.8, 4) is 11.5 Å². The Labute approximate surface area is 155 Å². The van der Waals surface area contributed by atoms with Gasteiger partial charge in [0.15, 0.2) is 17.6 Å². The first-order valence-corrected chi connectivity index (χ1v) is 8.53. The van der Waals surface area contributed by atoms with E-state index in [1.165, 1.54) is 0 Å². The molecule has 1 atom stereocenters. The lowest BCUT2D eigenvalue weighted by Gasteiger charge is -2.26. The van der Waals surface area contributed by atoms with E-state index in [2.05, 4.69) is 10.4 Å². The zero-order valence-electron chi connectivity index (χ0n) is 13.8. The van der Waals surface area contributed by atoms with Crippen molar-refractivity contribution in [1.82, 2.24) is 9.78 Å². The van der Waals surface area contributed by atoms with Crippen LogP contribution in [0.3, 0.4) is 0 Å². The summed E-state index contributed by atoms with van der Waals surface area (Å²) >= 11 is 6.05. The van der Waals surface area contributed by atoms with Gasteiger partial charge in [0, 0.05) is 6.20 Å². The second kappa shape index (κ2) is 7.09. The summed E-state index contributed by atoms with van der Waals surface area (Å²) in [6.45, 7) is 0.953. The van der Waals surface area contributed by atoms with Crippen molar-refractivity contribution in [2.75, 3.05) is 11.9 Å². The second-order valence-electron chi connectivity index (χ2n) is 5.88. The number of hydrogen-bond donors (Lipinski definition) is 1. The lowest BCUT2D eigenvalue weighted by Crippen LogP contribution is -2.33. The fourth-order valence-corrected chi connectivity index (χ4v) is 2.95. The van der Waals surface area contributed by atoms with E-state index >= 15 is 0 Å². The summed E-state index contributed by atoms with van der Waals surface area (Å²) in [7, 11) is 0. The van der Waals surface area contributed by atoms with Gasteiger partial charge in [0.2, 0.25) is 0 Å². The average Bonchev–Trinajstić information content (AvgIpc) is 3.08. The third-order valence-electron chi connectivity index (χ3n) is 3.97. The molecular weight excluding hydrogens is 354 g/mol. The SMILES string of the molecule is O=C(Nc1cnn(CC2COc3ccccc3O2)c1)c1ccccc1Cl. The van der Waals surface area contributed by atoms with Gasteiger partial charge in [-0.25, -0.2) is 0 Å². The molecule has 26 heavy (non-hydrogen) atoms. The summed E-state index contributed by atoms with van der Waals surface area (Å²) in [5, 5.41) is 7.47. The number of benzene rings is 2. The van der Waals surface area contributed by atoms with Crippen LogP contribution in [0.15, 0.2) is 60.9 Å². The summed E-state index contributed by atoms with van der Waals surface area (Å²) in [5.41, 5.74) is 1.01.